The van der Waals surface area contributed by atoms with Gasteiger partial charge in [0.05, 0.1) is 13.2 Å². The SMILES string of the molecule is C=C(C)C(=O)OCCCCCCOc1ccc(-c2ccc(OC(C)(C)C)cc2)cc1. The summed E-state index contributed by atoms with van der Waals surface area (Å²) >= 11 is 0. The van der Waals surface area contributed by atoms with E-state index in [1.165, 1.54) is 0 Å². The van der Waals surface area contributed by atoms with Gasteiger partial charge in [0.25, 0.3) is 0 Å². The lowest BCUT2D eigenvalue weighted by Gasteiger charge is -2.21. The molecule has 0 spiro atoms. The van der Waals surface area contributed by atoms with Crippen molar-refractivity contribution in [1.29, 1.82) is 0 Å². The average Bonchev–Trinajstić information content (AvgIpc) is 2.69. The van der Waals surface area contributed by atoms with Gasteiger partial charge in [-0.05, 0) is 88.8 Å². The molecule has 2 aromatic carbocycles. The van der Waals surface area contributed by atoms with Gasteiger partial charge >= 0.3 is 5.97 Å². The van der Waals surface area contributed by atoms with Gasteiger partial charge < -0.3 is 14.2 Å². The van der Waals surface area contributed by atoms with E-state index in [9.17, 15) is 4.79 Å². The smallest absolute Gasteiger partial charge is 0.333 e. The number of rotatable bonds is 11. The average molecular weight is 411 g/mol. The van der Waals surface area contributed by atoms with Gasteiger partial charge in [-0.1, -0.05) is 30.8 Å². The van der Waals surface area contributed by atoms with Crippen LogP contribution in [0.5, 0.6) is 11.5 Å². The molecule has 0 saturated carbocycles. The second-order valence-electron chi connectivity index (χ2n) is 8.44. The van der Waals surface area contributed by atoms with E-state index in [4.69, 9.17) is 14.2 Å². The minimum atomic E-state index is -0.309. The van der Waals surface area contributed by atoms with Gasteiger partial charge in [-0.3, -0.25) is 0 Å². The van der Waals surface area contributed by atoms with Gasteiger partial charge in [-0.15, -0.1) is 0 Å². The summed E-state index contributed by atoms with van der Waals surface area (Å²) in [5, 5.41) is 0. The normalized spacial score (nSPS) is 11.1. The maximum absolute atomic E-state index is 11.3. The maximum atomic E-state index is 11.3. The van der Waals surface area contributed by atoms with Crippen molar-refractivity contribution in [1.82, 2.24) is 0 Å². The van der Waals surface area contributed by atoms with Crippen molar-refractivity contribution < 1.29 is 19.0 Å². The molecule has 0 N–H and O–H groups in total. The molecule has 0 aliphatic carbocycles. The van der Waals surface area contributed by atoms with E-state index in [-0.39, 0.29) is 11.6 Å². The summed E-state index contributed by atoms with van der Waals surface area (Å²) in [5.41, 5.74) is 2.54. The first-order chi connectivity index (χ1) is 14.2. The molecule has 0 radical (unpaired) electrons. The van der Waals surface area contributed by atoms with Gasteiger partial charge in [-0.2, -0.15) is 0 Å². The Morgan fingerprint density at radius 1 is 0.800 bits per heavy atom. The van der Waals surface area contributed by atoms with E-state index < -0.39 is 0 Å². The van der Waals surface area contributed by atoms with Gasteiger partial charge in [0, 0.05) is 5.57 Å². The van der Waals surface area contributed by atoms with Crippen LogP contribution in [0.1, 0.15) is 53.4 Å². The number of unbranched alkanes of at least 4 members (excludes halogenated alkanes) is 3. The number of benzene rings is 2. The van der Waals surface area contributed by atoms with Crippen LogP contribution in [0.15, 0.2) is 60.7 Å². The molecular formula is C26H34O4. The fourth-order valence-electron chi connectivity index (χ4n) is 2.85. The predicted octanol–water partition coefficient (Wildman–Crippen LogP) is 6.59. The summed E-state index contributed by atoms with van der Waals surface area (Å²) in [6, 6.07) is 16.3. The van der Waals surface area contributed by atoms with E-state index in [1.54, 1.807) is 6.92 Å². The van der Waals surface area contributed by atoms with Crippen molar-refractivity contribution in [3.8, 4) is 22.6 Å². The molecule has 2 rings (SSSR count). The molecule has 0 amide bonds. The highest BCUT2D eigenvalue weighted by atomic mass is 16.5. The van der Waals surface area contributed by atoms with E-state index in [1.807, 2.05) is 45.0 Å². The van der Waals surface area contributed by atoms with Crippen LogP contribution < -0.4 is 9.47 Å². The lowest BCUT2D eigenvalue weighted by molar-refractivity contribution is -0.139. The lowest BCUT2D eigenvalue weighted by atomic mass is 10.1. The Balaban J connectivity index is 1.67. The van der Waals surface area contributed by atoms with Crippen LogP contribution >= 0.6 is 0 Å². The first-order valence-corrected chi connectivity index (χ1v) is 10.6. The number of ether oxygens (including phenoxy) is 3. The molecule has 162 valence electrons. The molecule has 4 nitrogen and oxygen atoms in total. The van der Waals surface area contributed by atoms with Crippen LogP contribution in [0.4, 0.5) is 0 Å². The molecule has 0 aromatic heterocycles. The number of carbonyl (C=O) groups excluding carboxylic acids is 1. The molecule has 2 aromatic rings. The van der Waals surface area contributed by atoms with E-state index >= 15 is 0 Å². The Morgan fingerprint density at radius 2 is 1.30 bits per heavy atom. The molecule has 0 bridgehead atoms. The Kier molecular flexibility index (Phi) is 8.97. The standard InChI is InChI=1S/C26H34O4/c1-20(2)25(27)29-19-9-7-6-8-18-28-23-14-10-21(11-15-23)22-12-16-24(17-13-22)30-26(3,4)5/h10-17H,1,6-9,18-19H2,2-5H3. The zero-order valence-corrected chi connectivity index (χ0v) is 18.7. The number of carbonyl (C=O) groups is 1. The summed E-state index contributed by atoms with van der Waals surface area (Å²) in [6.07, 6.45) is 3.91. The quantitative estimate of drug-likeness (QED) is 0.238. The third kappa shape index (κ3) is 8.73. The first-order valence-electron chi connectivity index (χ1n) is 10.6. The van der Waals surface area contributed by atoms with Crippen LogP contribution in [0.2, 0.25) is 0 Å². The van der Waals surface area contributed by atoms with Gasteiger partial charge in [0.2, 0.25) is 0 Å². The minimum Gasteiger partial charge on any atom is -0.494 e. The number of hydrogen-bond donors (Lipinski definition) is 0. The monoisotopic (exact) mass is 410 g/mol. The van der Waals surface area contributed by atoms with Crippen LogP contribution in [0, 0.1) is 0 Å². The van der Waals surface area contributed by atoms with E-state index in [0.29, 0.717) is 18.8 Å². The Bertz CT molecular complexity index is 798. The van der Waals surface area contributed by atoms with Gasteiger partial charge in [0.1, 0.15) is 17.1 Å². The molecule has 0 fully saturated rings. The molecule has 30 heavy (non-hydrogen) atoms. The summed E-state index contributed by atoms with van der Waals surface area (Å²) in [6.45, 7) is 12.5. The van der Waals surface area contributed by atoms with Crippen LogP contribution in [-0.4, -0.2) is 24.8 Å². The minimum absolute atomic E-state index is 0.196. The van der Waals surface area contributed by atoms with Crippen LogP contribution in [0.3, 0.4) is 0 Å². The van der Waals surface area contributed by atoms with Crippen molar-refractivity contribution in [2.75, 3.05) is 13.2 Å². The molecular weight excluding hydrogens is 376 g/mol. The Hall–Kier alpha value is -2.75. The van der Waals surface area contributed by atoms with Crippen LogP contribution in [0.25, 0.3) is 11.1 Å². The first kappa shape index (κ1) is 23.5. The zero-order valence-electron chi connectivity index (χ0n) is 18.7. The van der Waals surface area contributed by atoms with Gasteiger partial charge in [-0.25, -0.2) is 4.79 Å². The third-order valence-corrected chi connectivity index (χ3v) is 4.36. The lowest BCUT2D eigenvalue weighted by Crippen LogP contribution is -2.22. The summed E-state index contributed by atoms with van der Waals surface area (Å²) in [5.74, 6) is 1.44. The summed E-state index contributed by atoms with van der Waals surface area (Å²) in [7, 11) is 0. The van der Waals surface area contributed by atoms with Crippen molar-refractivity contribution in [2.24, 2.45) is 0 Å². The fraction of sp³-hybridized carbons (Fsp3) is 0.423. The third-order valence-electron chi connectivity index (χ3n) is 4.36. The largest absolute Gasteiger partial charge is 0.494 e. The fourth-order valence-corrected chi connectivity index (χ4v) is 2.85. The van der Waals surface area contributed by atoms with Crippen molar-refractivity contribution in [3.63, 3.8) is 0 Å². The topological polar surface area (TPSA) is 44.8 Å². The highest BCUT2D eigenvalue weighted by molar-refractivity contribution is 5.86. The summed E-state index contributed by atoms with van der Waals surface area (Å²) < 4.78 is 16.8. The predicted molar refractivity (Wildman–Crippen MR) is 122 cm³/mol. The van der Waals surface area contributed by atoms with E-state index in [2.05, 4.69) is 30.8 Å². The van der Waals surface area contributed by atoms with Crippen molar-refractivity contribution >= 4 is 5.97 Å². The number of hydrogen-bond acceptors (Lipinski definition) is 4. The highest BCUT2D eigenvalue weighted by Crippen LogP contribution is 2.26. The zero-order chi connectivity index (χ0) is 22.0. The molecule has 0 aliphatic heterocycles. The molecule has 0 aliphatic rings. The molecule has 0 unspecified atom stereocenters. The molecule has 0 saturated heterocycles. The molecule has 0 atom stereocenters. The van der Waals surface area contributed by atoms with Crippen molar-refractivity contribution in [2.45, 2.75) is 59.0 Å². The second-order valence-corrected chi connectivity index (χ2v) is 8.44. The summed E-state index contributed by atoms with van der Waals surface area (Å²) in [4.78, 5) is 11.3. The van der Waals surface area contributed by atoms with Gasteiger partial charge in [0.15, 0.2) is 0 Å². The maximum Gasteiger partial charge on any atom is 0.333 e. The molecule has 0 heterocycles. The Labute approximate surface area is 180 Å². The van der Waals surface area contributed by atoms with Crippen molar-refractivity contribution in [3.05, 3.63) is 60.7 Å². The highest BCUT2D eigenvalue weighted by Gasteiger charge is 2.11. The van der Waals surface area contributed by atoms with Crippen LogP contribution in [-0.2, 0) is 9.53 Å². The van der Waals surface area contributed by atoms with E-state index in [0.717, 1.165) is 48.3 Å². The Morgan fingerprint density at radius 3 is 1.80 bits per heavy atom. The number of esters is 1. The second kappa shape index (κ2) is 11.4. The molecule has 4 heteroatoms.